The van der Waals surface area contributed by atoms with Crippen molar-refractivity contribution in [3.63, 3.8) is 0 Å². The minimum Gasteiger partial charge on any atom is -0.491 e. The molecular weight excluding hydrogens is 292 g/mol. The second-order valence-electron chi connectivity index (χ2n) is 6.41. The number of carbonyl (C=O) groups is 1. The first-order chi connectivity index (χ1) is 11.3. The smallest absolute Gasteiger partial charge is 0.411 e. The number of hydrogen-bond acceptors (Lipinski definition) is 3. The van der Waals surface area contributed by atoms with Crippen LogP contribution in [0.4, 0.5) is 10.5 Å². The van der Waals surface area contributed by atoms with Crippen molar-refractivity contribution in [2.75, 3.05) is 37.7 Å². The summed E-state index contributed by atoms with van der Waals surface area (Å²) >= 11 is 0. The van der Waals surface area contributed by atoms with Crippen molar-refractivity contribution < 1.29 is 14.6 Å². The van der Waals surface area contributed by atoms with Crippen molar-refractivity contribution in [1.29, 1.82) is 0 Å². The van der Waals surface area contributed by atoms with Crippen LogP contribution in [0.1, 0.15) is 37.7 Å². The fraction of sp³-hybridized carbons (Fsp3) is 0.611. The number of fused-ring (bicyclic) bond motifs is 1. The summed E-state index contributed by atoms with van der Waals surface area (Å²) in [6.45, 7) is 4.66. The van der Waals surface area contributed by atoms with E-state index in [0.29, 0.717) is 18.9 Å². The molecule has 0 unspecified atom stereocenters. The van der Waals surface area contributed by atoms with E-state index in [1.54, 1.807) is 0 Å². The van der Waals surface area contributed by atoms with Gasteiger partial charge in [0.15, 0.2) is 0 Å². The number of benzene rings is 1. The van der Waals surface area contributed by atoms with Gasteiger partial charge in [-0.1, -0.05) is 18.6 Å². The molecular formula is C18H26N2O3. The molecule has 0 aromatic heterocycles. The van der Waals surface area contributed by atoms with Crippen molar-refractivity contribution in [2.24, 2.45) is 0 Å². The second kappa shape index (κ2) is 7.68. The molecule has 0 aliphatic carbocycles. The predicted molar refractivity (Wildman–Crippen MR) is 90.5 cm³/mol. The van der Waals surface area contributed by atoms with Crippen molar-refractivity contribution >= 4 is 11.8 Å². The van der Waals surface area contributed by atoms with Crippen LogP contribution in [-0.2, 0) is 6.42 Å². The highest BCUT2D eigenvalue weighted by atomic mass is 16.5. The Morgan fingerprint density at radius 3 is 2.74 bits per heavy atom. The Labute approximate surface area is 137 Å². The van der Waals surface area contributed by atoms with Gasteiger partial charge in [0, 0.05) is 13.1 Å². The molecule has 2 aliphatic heterocycles. The molecule has 3 rings (SSSR count). The topological polar surface area (TPSA) is 53.0 Å². The van der Waals surface area contributed by atoms with Crippen LogP contribution in [0.5, 0.6) is 5.75 Å². The van der Waals surface area contributed by atoms with E-state index >= 15 is 0 Å². The van der Waals surface area contributed by atoms with Crippen LogP contribution >= 0.6 is 0 Å². The minimum absolute atomic E-state index is 0.552. The number of carboxylic acid groups (broad SMARTS) is 1. The monoisotopic (exact) mass is 318 g/mol. The quantitative estimate of drug-likeness (QED) is 0.846. The third-order valence-electron chi connectivity index (χ3n) is 4.74. The van der Waals surface area contributed by atoms with E-state index in [1.165, 1.54) is 37.3 Å². The molecule has 1 saturated heterocycles. The van der Waals surface area contributed by atoms with Crippen LogP contribution < -0.4 is 9.64 Å². The van der Waals surface area contributed by atoms with Gasteiger partial charge in [0.25, 0.3) is 0 Å². The van der Waals surface area contributed by atoms with Crippen LogP contribution in [0, 0.1) is 0 Å². The number of likely N-dealkylation sites (tertiary alicyclic amines) is 1. The standard InChI is InChI=1S/C18H26N2O3/c21-18(22)20-13-5-8-15-7-4-9-16(17(15)20)23-14-6-12-19-10-2-1-3-11-19/h4,7,9H,1-3,5-6,8,10-14H2,(H,21,22). The Balaban J connectivity index is 1.58. The highest BCUT2D eigenvalue weighted by Crippen LogP contribution is 2.36. The van der Waals surface area contributed by atoms with E-state index < -0.39 is 6.09 Å². The molecule has 2 heterocycles. The lowest BCUT2D eigenvalue weighted by atomic mass is 10.0. The summed E-state index contributed by atoms with van der Waals surface area (Å²) in [7, 11) is 0. The second-order valence-corrected chi connectivity index (χ2v) is 6.41. The molecule has 1 N–H and O–H groups in total. The number of aryl methyl sites for hydroxylation is 1. The van der Waals surface area contributed by atoms with Gasteiger partial charge < -0.3 is 14.7 Å². The highest BCUT2D eigenvalue weighted by Gasteiger charge is 2.25. The molecule has 1 amide bonds. The Hall–Kier alpha value is -1.75. The number of para-hydroxylation sites is 1. The lowest BCUT2D eigenvalue weighted by Crippen LogP contribution is -2.34. The number of rotatable bonds is 5. The van der Waals surface area contributed by atoms with E-state index in [4.69, 9.17) is 4.74 Å². The van der Waals surface area contributed by atoms with Gasteiger partial charge in [0.05, 0.1) is 12.3 Å². The third kappa shape index (κ3) is 3.96. The molecule has 1 aromatic carbocycles. The number of piperidine rings is 1. The first-order valence-corrected chi connectivity index (χ1v) is 8.73. The van der Waals surface area contributed by atoms with Crippen LogP contribution in [0.3, 0.4) is 0 Å². The molecule has 0 bridgehead atoms. The van der Waals surface area contributed by atoms with Gasteiger partial charge in [-0.15, -0.1) is 0 Å². The first-order valence-electron chi connectivity index (χ1n) is 8.73. The summed E-state index contributed by atoms with van der Waals surface area (Å²) in [5, 5.41) is 9.41. The average molecular weight is 318 g/mol. The van der Waals surface area contributed by atoms with Gasteiger partial charge in [-0.25, -0.2) is 4.79 Å². The molecule has 0 radical (unpaired) electrons. The highest BCUT2D eigenvalue weighted by molar-refractivity contribution is 5.90. The lowest BCUT2D eigenvalue weighted by molar-refractivity contribution is 0.199. The molecule has 0 saturated carbocycles. The number of nitrogens with zero attached hydrogens (tertiary/aromatic N) is 2. The van der Waals surface area contributed by atoms with E-state index in [1.807, 2.05) is 18.2 Å². The van der Waals surface area contributed by atoms with Crippen molar-refractivity contribution in [3.8, 4) is 5.75 Å². The van der Waals surface area contributed by atoms with Crippen LogP contribution in [0.2, 0.25) is 0 Å². The van der Waals surface area contributed by atoms with Gasteiger partial charge in [0.1, 0.15) is 5.75 Å². The molecule has 5 nitrogen and oxygen atoms in total. The summed E-state index contributed by atoms with van der Waals surface area (Å²) in [6.07, 6.45) is 5.85. The van der Waals surface area contributed by atoms with Crippen molar-refractivity contribution in [1.82, 2.24) is 4.90 Å². The molecule has 23 heavy (non-hydrogen) atoms. The fourth-order valence-electron chi connectivity index (χ4n) is 3.58. The maximum absolute atomic E-state index is 11.5. The SMILES string of the molecule is O=C(O)N1CCCc2cccc(OCCCN3CCCCC3)c21. The largest absolute Gasteiger partial charge is 0.491 e. The normalized spacial score (nSPS) is 18.5. The average Bonchev–Trinajstić information content (AvgIpc) is 2.59. The predicted octanol–water partition coefficient (Wildman–Crippen LogP) is 3.37. The summed E-state index contributed by atoms with van der Waals surface area (Å²) in [4.78, 5) is 15.4. The summed E-state index contributed by atoms with van der Waals surface area (Å²) in [5.41, 5.74) is 1.83. The zero-order chi connectivity index (χ0) is 16.1. The lowest BCUT2D eigenvalue weighted by Gasteiger charge is -2.29. The maximum Gasteiger partial charge on any atom is 0.411 e. The zero-order valence-corrected chi connectivity index (χ0v) is 13.7. The minimum atomic E-state index is -0.893. The zero-order valence-electron chi connectivity index (χ0n) is 13.7. The summed E-state index contributed by atoms with van der Waals surface area (Å²) < 4.78 is 5.94. The van der Waals surface area contributed by atoms with Crippen LogP contribution in [0.25, 0.3) is 0 Å². The van der Waals surface area contributed by atoms with Crippen molar-refractivity contribution in [2.45, 2.75) is 38.5 Å². The maximum atomic E-state index is 11.5. The van der Waals surface area contributed by atoms with E-state index in [2.05, 4.69) is 4.90 Å². The van der Waals surface area contributed by atoms with Gasteiger partial charge >= 0.3 is 6.09 Å². The Bertz CT molecular complexity index is 541. The van der Waals surface area contributed by atoms with E-state index in [0.717, 1.165) is 37.1 Å². The van der Waals surface area contributed by atoms with E-state index in [9.17, 15) is 9.90 Å². The molecule has 5 heteroatoms. The van der Waals surface area contributed by atoms with E-state index in [-0.39, 0.29) is 0 Å². The van der Waals surface area contributed by atoms with Gasteiger partial charge in [-0.2, -0.15) is 0 Å². The first kappa shape index (κ1) is 16.1. The van der Waals surface area contributed by atoms with Crippen molar-refractivity contribution in [3.05, 3.63) is 23.8 Å². The number of hydrogen-bond donors (Lipinski definition) is 1. The number of anilines is 1. The van der Waals surface area contributed by atoms with Crippen LogP contribution in [0.15, 0.2) is 18.2 Å². The Morgan fingerprint density at radius 1 is 1.13 bits per heavy atom. The summed E-state index contributed by atoms with van der Waals surface area (Å²) in [6, 6.07) is 5.86. The molecule has 1 fully saturated rings. The molecule has 126 valence electrons. The molecule has 0 atom stereocenters. The van der Waals surface area contributed by atoms with Gasteiger partial charge in [-0.3, -0.25) is 4.90 Å². The Morgan fingerprint density at radius 2 is 1.96 bits per heavy atom. The molecule has 0 spiro atoms. The van der Waals surface area contributed by atoms with Gasteiger partial charge in [0.2, 0.25) is 0 Å². The van der Waals surface area contributed by atoms with Gasteiger partial charge in [-0.05, 0) is 56.8 Å². The number of amides is 1. The number of ether oxygens (including phenoxy) is 1. The summed E-state index contributed by atoms with van der Waals surface area (Å²) in [5.74, 6) is 0.711. The molecule has 1 aromatic rings. The fourth-order valence-corrected chi connectivity index (χ4v) is 3.58. The van der Waals surface area contributed by atoms with Crippen LogP contribution in [-0.4, -0.2) is 48.9 Å². The Kier molecular flexibility index (Phi) is 5.39. The third-order valence-corrected chi connectivity index (χ3v) is 4.74. The molecule has 2 aliphatic rings.